The van der Waals surface area contributed by atoms with Crippen molar-refractivity contribution in [2.75, 3.05) is 0 Å². The van der Waals surface area contributed by atoms with Crippen LogP contribution >= 0.6 is 11.6 Å². The number of halogens is 1. The van der Waals surface area contributed by atoms with Crippen molar-refractivity contribution in [1.29, 1.82) is 0 Å². The lowest BCUT2D eigenvalue weighted by Gasteiger charge is -2.27. The molecule has 1 aromatic carbocycles. The van der Waals surface area contributed by atoms with Crippen molar-refractivity contribution < 1.29 is 4.74 Å². The van der Waals surface area contributed by atoms with Gasteiger partial charge >= 0.3 is 0 Å². The maximum absolute atomic E-state index is 6.18. The highest BCUT2D eigenvalue weighted by atomic mass is 35.5. The lowest BCUT2D eigenvalue weighted by Crippen LogP contribution is -2.24. The Kier molecular flexibility index (Phi) is 4.30. The summed E-state index contributed by atoms with van der Waals surface area (Å²) in [7, 11) is 0. The lowest BCUT2D eigenvalue weighted by molar-refractivity contribution is 0.129. The summed E-state index contributed by atoms with van der Waals surface area (Å²) in [4.78, 5) is 0. The molecular weight excluding hydrogens is 234 g/mol. The molecule has 2 rings (SSSR count). The van der Waals surface area contributed by atoms with Crippen LogP contribution in [0.3, 0.4) is 0 Å². The van der Waals surface area contributed by atoms with Gasteiger partial charge < -0.3 is 10.5 Å². The van der Waals surface area contributed by atoms with Gasteiger partial charge in [0, 0.05) is 6.54 Å². The first-order valence-corrected chi connectivity index (χ1v) is 6.72. The topological polar surface area (TPSA) is 35.2 Å². The van der Waals surface area contributed by atoms with Gasteiger partial charge in [-0.1, -0.05) is 31.0 Å². The van der Waals surface area contributed by atoms with Crippen molar-refractivity contribution in [1.82, 2.24) is 0 Å². The van der Waals surface area contributed by atoms with Crippen LogP contribution < -0.4 is 10.5 Å². The van der Waals surface area contributed by atoms with Crippen LogP contribution in [-0.2, 0) is 6.54 Å². The lowest BCUT2D eigenvalue weighted by atomic mass is 9.89. The first-order valence-electron chi connectivity index (χ1n) is 6.34. The summed E-state index contributed by atoms with van der Waals surface area (Å²) in [5.74, 6) is 1.55. The molecule has 1 fully saturated rings. The summed E-state index contributed by atoms with van der Waals surface area (Å²) in [6.45, 7) is 2.80. The van der Waals surface area contributed by atoms with Crippen LogP contribution in [0.5, 0.6) is 5.75 Å². The van der Waals surface area contributed by atoms with E-state index < -0.39 is 0 Å². The molecule has 1 aliphatic carbocycles. The van der Waals surface area contributed by atoms with Crippen LogP contribution in [0.1, 0.15) is 38.2 Å². The third-order valence-corrected chi connectivity index (χ3v) is 3.71. The molecule has 0 amide bonds. The quantitative estimate of drug-likeness (QED) is 0.890. The average Bonchev–Trinajstić information content (AvgIpc) is 2.32. The molecule has 1 aromatic rings. The Morgan fingerprint density at radius 2 is 2.24 bits per heavy atom. The highest BCUT2D eigenvalue weighted by molar-refractivity contribution is 6.32. The standard InChI is InChI=1S/C14H20ClNO/c1-10-3-2-4-12(7-10)17-14-6-5-11(9-16)8-13(14)15/h5-6,8,10,12H,2-4,7,9,16H2,1H3. The van der Waals surface area contributed by atoms with Crippen molar-refractivity contribution in [3.8, 4) is 5.75 Å². The minimum Gasteiger partial charge on any atom is -0.489 e. The molecule has 0 spiro atoms. The second kappa shape index (κ2) is 5.74. The number of hydrogen-bond acceptors (Lipinski definition) is 2. The van der Waals surface area contributed by atoms with Gasteiger partial charge in [-0.2, -0.15) is 0 Å². The van der Waals surface area contributed by atoms with Gasteiger partial charge in [-0.3, -0.25) is 0 Å². The maximum atomic E-state index is 6.18. The van der Waals surface area contributed by atoms with Crippen LogP contribution in [0.15, 0.2) is 18.2 Å². The van der Waals surface area contributed by atoms with Gasteiger partial charge in [0.15, 0.2) is 0 Å². The first kappa shape index (κ1) is 12.7. The molecule has 1 saturated carbocycles. The van der Waals surface area contributed by atoms with Crippen molar-refractivity contribution in [2.24, 2.45) is 11.7 Å². The van der Waals surface area contributed by atoms with Crippen LogP contribution in [0.4, 0.5) is 0 Å². The molecule has 0 bridgehead atoms. The zero-order valence-electron chi connectivity index (χ0n) is 10.3. The summed E-state index contributed by atoms with van der Waals surface area (Å²) in [6.07, 6.45) is 5.16. The number of rotatable bonds is 3. The van der Waals surface area contributed by atoms with Gasteiger partial charge in [0.25, 0.3) is 0 Å². The van der Waals surface area contributed by atoms with E-state index in [2.05, 4.69) is 6.92 Å². The molecule has 2 atom stereocenters. The van der Waals surface area contributed by atoms with E-state index in [1.165, 1.54) is 12.8 Å². The Bertz CT molecular complexity index is 380. The molecule has 0 saturated heterocycles. The predicted octanol–water partition coefficient (Wildman–Crippen LogP) is 3.76. The second-order valence-corrected chi connectivity index (χ2v) is 5.39. The number of benzene rings is 1. The van der Waals surface area contributed by atoms with Crippen molar-refractivity contribution >= 4 is 11.6 Å². The molecule has 94 valence electrons. The van der Waals surface area contributed by atoms with E-state index in [1.807, 2.05) is 18.2 Å². The minimum atomic E-state index is 0.319. The largest absolute Gasteiger partial charge is 0.489 e. The Hall–Kier alpha value is -0.730. The third kappa shape index (κ3) is 3.36. The van der Waals surface area contributed by atoms with Gasteiger partial charge in [-0.15, -0.1) is 0 Å². The number of hydrogen-bond donors (Lipinski definition) is 1. The summed E-state index contributed by atoms with van der Waals surface area (Å²) >= 11 is 6.18. The number of nitrogens with two attached hydrogens (primary N) is 1. The van der Waals surface area contributed by atoms with E-state index >= 15 is 0 Å². The highest BCUT2D eigenvalue weighted by Gasteiger charge is 2.20. The van der Waals surface area contributed by atoms with Gasteiger partial charge in [-0.05, 0) is 42.9 Å². The SMILES string of the molecule is CC1CCCC(Oc2ccc(CN)cc2Cl)C1. The minimum absolute atomic E-state index is 0.319. The number of ether oxygens (including phenoxy) is 1. The molecule has 2 nitrogen and oxygen atoms in total. The first-order chi connectivity index (χ1) is 8.19. The highest BCUT2D eigenvalue weighted by Crippen LogP contribution is 2.31. The molecule has 0 heterocycles. The zero-order chi connectivity index (χ0) is 12.3. The average molecular weight is 254 g/mol. The fourth-order valence-corrected chi connectivity index (χ4v) is 2.68. The van der Waals surface area contributed by atoms with Crippen LogP contribution in [0, 0.1) is 5.92 Å². The van der Waals surface area contributed by atoms with Crippen molar-refractivity contribution in [2.45, 2.75) is 45.3 Å². The Morgan fingerprint density at radius 1 is 1.41 bits per heavy atom. The van der Waals surface area contributed by atoms with Crippen molar-refractivity contribution in [3.05, 3.63) is 28.8 Å². The van der Waals surface area contributed by atoms with E-state index in [9.17, 15) is 0 Å². The molecule has 17 heavy (non-hydrogen) atoms. The van der Waals surface area contributed by atoms with E-state index in [-0.39, 0.29) is 0 Å². The van der Waals surface area contributed by atoms with Gasteiger partial charge in [0.05, 0.1) is 11.1 Å². The summed E-state index contributed by atoms with van der Waals surface area (Å²) in [6, 6.07) is 5.81. The molecule has 3 heteroatoms. The van der Waals surface area contributed by atoms with Gasteiger partial charge in [0.1, 0.15) is 5.75 Å². The molecule has 1 aliphatic rings. The van der Waals surface area contributed by atoms with Crippen LogP contribution in [0.2, 0.25) is 5.02 Å². The van der Waals surface area contributed by atoms with Crippen LogP contribution in [0.25, 0.3) is 0 Å². The van der Waals surface area contributed by atoms with Gasteiger partial charge in [0.2, 0.25) is 0 Å². The summed E-state index contributed by atoms with van der Waals surface area (Å²) in [5.41, 5.74) is 6.61. The fraction of sp³-hybridized carbons (Fsp3) is 0.571. The normalized spacial score (nSPS) is 24.6. The summed E-state index contributed by atoms with van der Waals surface area (Å²) < 4.78 is 5.98. The predicted molar refractivity (Wildman–Crippen MR) is 71.4 cm³/mol. The van der Waals surface area contributed by atoms with Crippen LogP contribution in [-0.4, -0.2) is 6.10 Å². The van der Waals surface area contributed by atoms with Crippen molar-refractivity contribution in [3.63, 3.8) is 0 Å². The second-order valence-electron chi connectivity index (χ2n) is 4.98. The molecule has 0 aromatic heterocycles. The van der Waals surface area contributed by atoms with Gasteiger partial charge in [-0.25, -0.2) is 0 Å². The van der Waals surface area contributed by atoms with E-state index in [0.717, 1.165) is 30.1 Å². The maximum Gasteiger partial charge on any atom is 0.138 e. The Balaban J connectivity index is 2.02. The van der Waals surface area contributed by atoms with E-state index in [0.29, 0.717) is 17.7 Å². The molecule has 2 unspecified atom stereocenters. The fourth-order valence-electron chi connectivity index (χ4n) is 2.43. The summed E-state index contributed by atoms with van der Waals surface area (Å²) in [5, 5.41) is 0.672. The van der Waals surface area contributed by atoms with E-state index in [4.69, 9.17) is 22.1 Å². The Labute approximate surface area is 108 Å². The molecule has 2 N–H and O–H groups in total. The molecule has 0 aliphatic heterocycles. The zero-order valence-corrected chi connectivity index (χ0v) is 11.0. The molecule has 0 radical (unpaired) electrons. The molecular formula is C14H20ClNO. The third-order valence-electron chi connectivity index (χ3n) is 3.41. The van der Waals surface area contributed by atoms with E-state index in [1.54, 1.807) is 0 Å². The smallest absolute Gasteiger partial charge is 0.138 e. The monoisotopic (exact) mass is 253 g/mol. The Morgan fingerprint density at radius 3 is 2.88 bits per heavy atom.